The lowest BCUT2D eigenvalue weighted by Crippen LogP contribution is -2.26. The van der Waals surface area contributed by atoms with E-state index in [2.05, 4.69) is 15.3 Å². The van der Waals surface area contributed by atoms with Gasteiger partial charge in [0.2, 0.25) is 0 Å². The highest BCUT2D eigenvalue weighted by molar-refractivity contribution is 5.49. The van der Waals surface area contributed by atoms with Crippen molar-refractivity contribution in [3.63, 3.8) is 0 Å². The number of likely N-dealkylation sites (N-methyl/N-ethyl adjacent to an activating group) is 1. The molecule has 0 radical (unpaired) electrons. The van der Waals surface area contributed by atoms with Crippen molar-refractivity contribution in [1.29, 1.82) is 0 Å². The molecule has 96 valence electrons. The van der Waals surface area contributed by atoms with Crippen LogP contribution in [-0.2, 0) is 13.6 Å². The molecule has 5 nitrogen and oxygen atoms in total. The van der Waals surface area contributed by atoms with Crippen LogP contribution in [0.25, 0.3) is 0 Å². The lowest BCUT2D eigenvalue weighted by atomic mass is 10.2. The topological polar surface area (TPSA) is 53.3 Å². The lowest BCUT2D eigenvalue weighted by molar-refractivity contribution is 0.303. The Labute approximate surface area is 102 Å². The van der Waals surface area contributed by atoms with Crippen molar-refractivity contribution >= 4 is 5.82 Å². The summed E-state index contributed by atoms with van der Waals surface area (Å²) >= 11 is 0. The van der Waals surface area contributed by atoms with Crippen LogP contribution in [-0.4, -0.2) is 41.1 Å². The molecule has 0 aromatic carbocycles. The highest BCUT2D eigenvalue weighted by Crippen LogP contribution is 2.24. The Kier molecular flexibility index (Phi) is 3.69. The number of aryl methyl sites for hydroxylation is 2. The first-order valence-electron chi connectivity index (χ1n) is 6.21. The van der Waals surface area contributed by atoms with Crippen LogP contribution in [0, 0.1) is 6.92 Å². The predicted octanol–water partition coefficient (Wildman–Crippen LogP) is 0.409. The van der Waals surface area contributed by atoms with Crippen molar-refractivity contribution in [2.45, 2.75) is 32.4 Å². The van der Waals surface area contributed by atoms with Crippen LogP contribution in [0.15, 0.2) is 0 Å². The van der Waals surface area contributed by atoms with Crippen molar-refractivity contribution in [1.82, 2.24) is 15.1 Å². The smallest absolute Gasteiger partial charge is 0.131 e. The minimum Gasteiger partial charge on any atom is -0.395 e. The maximum atomic E-state index is 9.03. The average molecular weight is 238 g/mol. The molecule has 0 amide bonds. The number of nitrogens with one attached hydrogen (secondary N) is 1. The normalized spacial score (nSPS) is 15.3. The minimum absolute atomic E-state index is 0.163. The molecule has 0 spiro atoms. The molecular formula is C12H22N4O. The van der Waals surface area contributed by atoms with Crippen LogP contribution < -0.4 is 10.2 Å². The number of aliphatic hydroxyl groups is 1. The van der Waals surface area contributed by atoms with Crippen molar-refractivity contribution in [2.24, 2.45) is 7.05 Å². The molecule has 2 rings (SSSR count). The van der Waals surface area contributed by atoms with Gasteiger partial charge in [0.1, 0.15) is 5.82 Å². The SMILES string of the molecule is Cc1nn(C)c(N(C)CCO)c1CNC1CC1. The van der Waals surface area contributed by atoms with Gasteiger partial charge in [-0.2, -0.15) is 5.10 Å². The van der Waals surface area contributed by atoms with Gasteiger partial charge in [0.15, 0.2) is 0 Å². The molecular weight excluding hydrogens is 216 g/mol. The Bertz CT molecular complexity index is 384. The minimum atomic E-state index is 0.163. The summed E-state index contributed by atoms with van der Waals surface area (Å²) in [5, 5.41) is 17.0. The maximum Gasteiger partial charge on any atom is 0.131 e. The van der Waals surface area contributed by atoms with E-state index in [-0.39, 0.29) is 6.61 Å². The van der Waals surface area contributed by atoms with E-state index >= 15 is 0 Å². The first-order valence-corrected chi connectivity index (χ1v) is 6.21. The molecule has 1 saturated carbocycles. The van der Waals surface area contributed by atoms with Gasteiger partial charge in [0.25, 0.3) is 0 Å². The van der Waals surface area contributed by atoms with Crippen LogP contribution in [0.1, 0.15) is 24.1 Å². The summed E-state index contributed by atoms with van der Waals surface area (Å²) in [4.78, 5) is 2.06. The fourth-order valence-electron chi connectivity index (χ4n) is 2.16. The van der Waals surface area contributed by atoms with Gasteiger partial charge in [0.05, 0.1) is 12.3 Å². The van der Waals surface area contributed by atoms with Gasteiger partial charge in [-0.1, -0.05) is 0 Å². The van der Waals surface area contributed by atoms with Crippen molar-refractivity contribution in [2.75, 3.05) is 25.1 Å². The highest BCUT2D eigenvalue weighted by atomic mass is 16.3. The fourth-order valence-corrected chi connectivity index (χ4v) is 2.16. The number of hydrogen-bond acceptors (Lipinski definition) is 4. The van der Waals surface area contributed by atoms with Gasteiger partial charge in [-0.3, -0.25) is 4.68 Å². The molecule has 0 unspecified atom stereocenters. The van der Waals surface area contributed by atoms with E-state index in [1.165, 1.54) is 18.4 Å². The third-order valence-corrected chi connectivity index (χ3v) is 3.26. The molecule has 1 aromatic heterocycles. The second kappa shape index (κ2) is 5.06. The van der Waals surface area contributed by atoms with E-state index in [0.29, 0.717) is 12.6 Å². The van der Waals surface area contributed by atoms with Gasteiger partial charge < -0.3 is 15.3 Å². The van der Waals surface area contributed by atoms with Crippen LogP contribution in [0.2, 0.25) is 0 Å². The van der Waals surface area contributed by atoms with E-state index in [0.717, 1.165) is 18.1 Å². The molecule has 5 heteroatoms. The number of nitrogens with zero attached hydrogens (tertiary/aromatic N) is 3. The zero-order chi connectivity index (χ0) is 12.4. The Morgan fingerprint density at radius 1 is 1.53 bits per heavy atom. The molecule has 0 bridgehead atoms. The quantitative estimate of drug-likeness (QED) is 0.753. The maximum absolute atomic E-state index is 9.03. The summed E-state index contributed by atoms with van der Waals surface area (Å²) in [6.07, 6.45) is 2.59. The summed E-state index contributed by atoms with van der Waals surface area (Å²) in [6, 6.07) is 0.700. The highest BCUT2D eigenvalue weighted by Gasteiger charge is 2.23. The third kappa shape index (κ3) is 2.79. The largest absolute Gasteiger partial charge is 0.395 e. The molecule has 1 aliphatic carbocycles. The summed E-state index contributed by atoms with van der Waals surface area (Å²) < 4.78 is 1.90. The van der Waals surface area contributed by atoms with Crippen LogP contribution in [0.5, 0.6) is 0 Å². The molecule has 17 heavy (non-hydrogen) atoms. The van der Waals surface area contributed by atoms with Crippen LogP contribution in [0.4, 0.5) is 5.82 Å². The second-order valence-corrected chi connectivity index (χ2v) is 4.81. The number of aliphatic hydroxyl groups excluding tert-OH is 1. The Balaban J connectivity index is 2.15. The van der Waals surface area contributed by atoms with Gasteiger partial charge >= 0.3 is 0 Å². The monoisotopic (exact) mass is 238 g/mol. The second-order valence-electron chi connectivity index (χ2n) is 4.81. The third-order valence-electron chi connectivity index (χ3n) is 3.26. The molecule has 0 atom stereocenters. The van der Waals surface area contributed by atoms with Crippen molar-refractivity contribution in [3.05, 3.63) is 11.3 Å². The van der Waals surface area contributed by atoms with Gasteiger partial charge in [-0.05, 0) is 19.8 Å². The van der Waals surface area contributed by atoms with Crippen molar-refractivity contribution in [3.8, 4) is 0 Å². The molecule has 1 fully saturated rings. The van der Waals surface area contributed by atoms with Gasteiger partial charge in [0, 0.05) is 38.8 Å². The van der Waals surface area contributed by atoms with Gasteiger partial charge in [-0.25, -0.2) is 0 Å². The standard InChI is InChI=1S/C12H22N4O/c1-9-11(8-13-10-4-5-10)12(16(3)14-9)15(2)6-7-17/h10,13,17H,4-8H2,1-3H3. The number of rotatable bonds is 6. The summed E-state index contributed by atoms with van der Waals surface area (Å²) in [6.45, 7) is 3.71. The lowest BCUT2D eigenvalue weighted by Gasteiger charge is -2.20. The Morgan fingerprint density at radius 2 is 2.24 bits per heavy atom. The molecule has 1 aromatic rings. The number of aromatic nitrogens is 2. The summed E-state index contributed by atoms with van der Waals surface area (Å²) in [5.74, 6) is 1.10. The number of hydrogen-bond donors (Lipinski definition) is 2. The average Bonchev–Trinajstić information content (AvgIpc) is 3.03. The Morgan fingerprint density at radius 3 is 2.82 bits per heavy atom. The summed E-state index contributed by atoms with van der Waals surface area (Å²) in [5.41, 5.74) is 2.32. The zero-order valence-electron chi connectivity index (χ0n) is 10.9. The van der Waals surface area contributed by atoms with E-state index < -0.39 is 0 Å². The number of anilines is 1. The van der Waals surface area contributed by atoms with Crippen molar-refractivity contribution < 1.29 is 5.11 Å². The zero-order valence-corrected chi connectivity index (χ0v) is 10.9. The van der Waals surface area contributed by atoms with Crippen LogP contribution >= 0.6 is 0 Å². The molecule has 0 aliphatic heterocycles. The first kappa shape index (κ1) is 12.4. The van der Waals surface area contributed by atoms with E-state index in [1.54, 1.807) is 0 Å². The van der Waals surface area contributed by atoms with E-state index in [4.69, 9.17) is 5.11 Å². The van der Waals surface area contributed by atoms with E-state index in [1.807, 2.05) is 25.7 Å². The van der Waals surface area contributed by atoms with Crippen LogP contribution in [0.3, 0.4) is 0 Å². The van der Waals surface area contributed by atoms with Gasteiger partial charge in [-0.15, -0.1) is 0 Å². The Hall–Kier alpha value is -1.07. The molecule has 1 aliphatic rings. The fraction of sp³-hybridized carbons (Fsp3) is 0.750. The molecule has 0 saturated heterocycles. The van der Waals surface area contributed by atoms with E-state index in [9.17, 15) is 0 Å². The summed E-state index contributed by atoms with van der Waals surface area (Å²) in [7, 11) is 3.95. The predicted molar refractivity (Wildman–Crippen MR) is 68.2 cm³/mol. The first-order chi connectivity index (χ1) is 8.13. The molecule has 2 N–H and O–H groups in total. The molecule has 1 heterocycles.